The summed E-state index contributed by atoms with van der Waals surface area (Å²) in [4.78, 5) is 23.9. The van der Waals surface area contributed by atoms with Gasteiger partial charge in [-0.1, -0.05) is 11.6 Å². The molecule has 136 valence electrons. The molecule has 1 N–H and O–H groups in total. The lowest BCUT2D eigenvalue weighted by molar-refractivity contribution is 0.0602. The number of pyridine rings is 1. The zero-order chi connectivity index (χ0) is 19.5. The molecule has 3 aromatic rings. The fraction of sp³-hybridized carbons (Fsp3) is 0.182. The first-order chi connectivity index (χ1) is 13.5. The molecule has 1 saturated heterocycles. The summed E-state index contributed by atoms with van der Waals surface area (Å²) in [6.45, 7) is 2.40. The molecule has 3 heterocycles. The van der Waals surface area contributed by atoms with Gasteiger partial charge in [0.1, 0.15) is 17.6 Å². The van der Waals surface area contributed by atoms with Crippen LogP contribution in [-0.2, 0) is 0 Å². The smallest absolute Gasteiger partial charge is 0.204 e. The molecule has 28 heavy (non-hydrogen) atoms. The number of hydrogen-bond acceptors (Lipinski definition) is 6. The topological polar surface area (TPSA) is 89.6 Å². The fourth-order valence-corrected chi connectivity index (χ4v) is 3.94. The summed E-state index contributed by atoms with van der Waals surface area (Å²) in [6, 6.07) is 16.7. The predicted octanol–water partition coefficient (Wildman–Crippen LogP) is 3.28. The van der Waals surface area contributed by atoms with Crippen LogP contribution in [0.15, 0.2) is 53.5 Å². The van der Waals surface area contributed by atoms with E-state index in [-0.39, 0.29) is 5.78 Å². The maximum absolute atomic E-state index is 13.0. The van der Waals surface area contributed by atoms with Crippen LogP contribution < -0.4 is 4.90 Å². The third-order valence-electron chi connectivity index (χ3n) is 5.42. The van der Waals surface area contributed by atoms with Crippen molar-refractivity contribution in [3.63, 3.8) is 0 Å². The zero-order valence-electron chi connectivity index (χ0n) is 15.2. The molecule has 0 bridgehead atoms. The number of amidine groups is 1. The van der Waals surface area contributed by atoms with Crippen molar-refractivity contribution in [2.75, 3.05) is 11.4 Å². The number of carbonyl (C=O) groups is 1. The van der Waals surface area contributed by atoms with Crippen molar-refractivity contribution in [1.29, 1.82) is 5.26 Å². The van der Waals surface area contributed by atoms with Gasteiger partial charge >= 0.3 is 0 Å². The first-order valence-corrected chi connectivity index (χ1v) is 9.05. The summed E-state index contributed by atoms with van der Waals surface area (Å²) in [7, 11) is 0. The average molecular weight is 368 g/mol. The van der Waals surface area contributed by atoms with Crippen LogP contribution in [-0.4, -0.2) is 33.9 Å². The van der Waals surface area contributed by atoms with Crippen molar-refractivity contribution >= 4 is 33.9 Å². The third-order valence-corrected chi connectivity index (χ3v) is 5.42. The number of nitriles is 1. The fourth-order valence-electron chi connectivity index (χ4n) is 3.94. The first kappa shape index (κ1) is 16.6. The molecule has 0 unspecified atom stereocenters. The van der Waals surface area contributed by atoms with E-state index in [1.54, 1.807) is 12.1 Å². The average Bonchev–Trinajstić information content (AvgIpc) is 3.06. The largest absolute Gasteiger partial charge is 0.374 e. The van der Waals surface area contributed by atoms with Gasteiger partial charge in [0.15, 0.2) is 5.60 Å². The van der Waals surface area contributed by atoms with Gasteiger partial charge in [0.2, 0.25) is 5.78 Å². The molecule has 6 heteroatoms. The second kappa shape index (κ2) is 5.72. The second-order valence-corrected chi connectivity index (χ2v) is 7.23. The Balaban J connectivity index is 1.62. The van der Waals surface area contributed by atoms with Gasteiger partial charge in [0.05, 0.1) is 11.2 Å². The molecule has 2 aliphatic heterocycles. The van der Waals surface area contributed by atoms with E-state index in [1.165, 1.54) is 0 Å². The Bertz CT molecular complexity index is 1240. The Labute approximate surface area is 161 Å². The molecule has 1 fully saturated rings. The third kappa shape index (κ3) is 2.27. The van der Waals surface area contributed by atoms with Crippen molar-refractivity contribution in [1.82, 2.24) is 4.98 Å². The number of hydrogen-bond donors (Lipinski definition) is 1. The quantitative estimate of drug-likeness (QED) is 0.712. The summed E-state index contributed by atoms with van der Waals surface area (Å²) < 4.78 is 0. The number of nitrogens with zero attached hydrogens (tertiary/aromatic N) is 4. The highest BCUT2D eigenvalue weighted by molar-refractivity contribution is 6.28. The van der Waals surface area contributed by atoms with Crippen LogP contribution in [0.4, 0.5) is 11.4 Å². The molecule has 1 atom stereocenters. The number of aliphatic imine (C=N–C) groups is 1. The molecule has 2 aromatic carbocycles. The van der Waals surface area contributed by atoms with Gasteiger partial charge in [-0.25, -0.2) is 9.98 Å². The van der Waals surface area contributed by atoms with Crippen molar-refractivity contribution in [3.8, 4) is 6.07 Å². The summed E-state index contributed by atoms with van der Waals surface area (Å²) in [5.41, 5.74) is 2.34. The lowest BCUT2D eigenvalue weighted by Gasteiger charge is -2.30. The first-order valence-electron chi connectivity index (χ1n) is 9.05. The number of rotatable bonds is 1. The Morgan fingerprint density at radius 3 is 2.86 bits per heavy atom. The minimum absolute atomic E-state index is 0.292. The van der Waals surface area contributed by atoms with E-state index < -0.39 is 5.60 Å². The number of aryl methyl sites for hydroxylation is 1. The van der Waals surface area contributed by atoms with Crippen molar-refractivity contribution in [3.05, 3.63) is 65.4 Å². The molecule has 0 spiro atoms. The SMILES string of the molecule is Cc1ccc2c(c1)C(=O)[C@]1(O)CCN(c3ccc4nc(C#N)ccc4c3)C1=N2. The summed E-state index contributed by atoms with van der Waals surface area (Å²) >= 11 is 0. The van der Waals surface area contributed by atoms with Crippen molar-refractivity contribution < 1.29 is 9.90 Å². The van der Waals surface area contributed by atoms with Crippen LogP contribution in [0.3, 0.4) is 0 Å². The number of ketones is 1. The van der Waals surface area contributed by atoms with E-state index in [9.17, 15) is 9.90 Å². The number of fused-ring (bicyclic) bond motifs is 3. The van der Waals surface area contributed by atoms with Gasteiger partial charge < -0.3 is 10.0 Å². The Kier molecular flexibility index (Phi) is 3.39. The van der Waals surface area contributed by atoms with Gasteiger partial charge in [-0.15, -0.1) is 0 Å². The van der Waals surface area contributed by atoms with E-state index >= 15 is 0 Å². The number of carbonyl (C=O) groups excluding carboxylic acids is 1. The molecular formula is C22H16N4O2. The number of aliphatic hydroxyl groups is 1. The van der Waals surface area contributed by atoms with E-state index in [1.807, 2.05) is 54.3 Å². The highest BCUT2D eigenvalue weighted by Crippen LogP contribution is 2.40. The molecule has 2 aliphatic rings. The van der Waals surface area contributed by atoms with Crippen LogP contribution in [0.2, 0.25) is 0 Å². The number of benzene rings is 2. The number of anilines is 1. The van der Waals surface area contributed by atoms with E-state index in [2.05, 4.69) is 9.98 Å². The van der Waals surface area contributed by atoms with Crippen LogP contribution in [0.1, 0.15) is 28.0 Å². The van der Waals surface area contributed by atoms with Crippen LogP contribution in [0, 0.1) is 18.3 Å². The van der Waals surface area contributed by atoms with Crippen molar-refractivity contribution in [2.24, 2.45) is 4.99 Å². The van der Waals surface area contributed by atoms with Crippen LogP contribution in [0.5, 0.6) is 0 Å². The van der Waals surface area contributed by atoms with Crippen LogP contribution in [0.25, 0.3) is 10.9 Å². The molecule has 5 rings (SSSR count). The minimum Gasteiger partial charge on any atom is -0.374 e. The maximum Gasteiger partial charge on any atom is 0.204 e. The number of aromatic nitrogens is 1. The summed E-state index contributed by atoms with van der Waals surface area (Å²) in [6.07, 6.45) is 0.293. The Hall–Kier alpha value is -3.56. The monoisotopic (exact) mass is 368 g/mol. The molecule has 1 aromatic heterocycles. The summed E-state index contributed by atoms with van der Waals surface area (Å²) in [5, 5.41) is 21.0. The van der Waals surface area contributed by atoms with Gasteiger partial charge in [-0.3, -0.25) is 4.79 Å². The zero-order valence-corrected chi connectivity index (χ0v) is 15.2. The summed E-state index contributed by atoms with van der Waals surface area (Å²) in [5.74, 6) is 0.0784. The number of Topliss-reactive ketones (excluding diaryl/α,β-unsaturated/α-hetero) is 1. The lowest BCUT2D eigenvalue weighted by atomic mass is 9.87. The van der Waals surface area contributed by atoms with Crippen LogP contribution >= 0.6 is 0 Å². The van der Waals surface area contributed by atoms with Gasteiger partial charge in [0.25, 0.3) is 0 Å². The van der Waals surface area contributed by atoms with Gasteiger partial charge in [-0.2, -0.15) is 5.26 Å². The molecule has 0 saturated carbocycles. The highest BCUT2D eigenvalue weighted by atomic mass is 16.3. The highest BCUT2D eigenvalue weighted by Gasteiger charge is 2.52. The Morgan fingerprint density at radius 2 is 2.04 bits per heavy atom. The molecule has 0 aliphatic carbocycles. The molecule has 6 nitrogen and oxygen atoms in total. The lowest BCUT2D eigenvalue weighted by Crippen LogP contribution is -2.48. The Morgan fingerprint density at radius 1 is 1.18 bits per heavy atom. The maximum atomic E-state index is 13.0. The van der Waals surface area contributed by atoms with E-state index in [0.717, 1.165) is 22.2 Å². The standard InChI is InChI=1S/C22H16N4O2/c1-13-2-6-19-17(10-13)20(27)22(28)8-9-26(21(22)25-19)16-5-7-18-14(11-16)3-4-15(12-23)24-18/h2-7,10-11,28H,8-9H2,1H3/t22-/m1/s1. The van der Waals surface area contributed by atoms with Crippen molar-refractivity contribution in [2.45, 2.75) is 18.9 Å². The van der Waals surface area contributed by atoms with Gasteiger partial charge in [-0.05, 0) is 49.4 Å². The van der Waals surface area contributed by atoms with E-state index in [4.69, 9.17) is 5.26 Å². The molecular weight excluding hydrogens is 352 g/mol. The second-order valence-electron chi connectivity index (χ2n) is 7.23. The minimum atomic E-state index is -1.60. The molecule has 0 amide bonds. The predicted molar refractivity (Wildman–Crippen MR) is 106 cm³/mol. The normalized spacial score (nSPS) is 20.5. The van der Waals surface area contributed by atoms with E-state index in [0.29, 0.717) is 35.7 Å². The molecule has 0 radical (unpaired) electrons. The van der Waals surface area contributed by atoms with Gasteiger partial charge in [0, 0.05) is 29.6 Å².